The molecule has 0 bridgehead atoms. The third-order valence-corrected chi connectivity index (χ3v) is 6.06. The van der Waals surface area contributed by atoms with Crippen molar-refractivity contribution in [2.45, 2.75) is 45.4 Å². The molecule has 1 amide bonds. The van der Waals surface area contributed by atoms with E-state index in [1.165, 1.54) is 0 Å². The van der Waals surface area contributed by atoms with Crippen LogP contribution in [0, 0.1) is 0 Å². The number of unbranched alkanes of at least 4 members (excludes halogenated alkanes) is 1. The highest BCUT2D eigenvalue weighted by Crippen LogP contribution is 2.31. The predicted octanol–water partition coefficient (Wildman–Crippen LogP) is 4.63. The number of benzene rings is 2. The molecule has 1 fully saturated rings. The van der Waals surface area contributed by atoms with E-state index in [0.29, 0.717) is 12.1 Å². The Labute approximate surface area is 192 Å². The number of phenolic OH excluding ortho intramolecular Hbond substituents is 1. The third-order valence-electron chi connectivity index (χ3n) is 6.06. The maximum Gasteiger partial charge on any atom is 0.224 e. The first-order chi connectivity index (χ1) is 15.3. The van der Waals surface area contributed by atoms with Crippen molar-refractivity contribution in [3.8, 4) is 11.5 Å². The molecule has 0 aliphatic carbocycles. The molecule has 6 heteroatoms. The zero-order valence-electron chi connectivity index (χ0n) is 19.9. The van der Waals surface area contributed by atoms with Crippen molar-refractivity contribution in [3.63, 3.8) is 0 Å². The quantitative estimate of drug-likeness (QED) is 0.464. The number of methoxy groups -OCH3 is 1. The number of hydrogen-bond acceptors (Lipinski definition) is 5. The second kappa shape index (κ2) is 10.7. The third kappa shape index (κ3) is 6.39. The molecule has 0 unspecified atom stereocenters. The summed E-state index contributed by atoms with van der Waals surface area (Å²) >= 11 is 0. The molecule has 6 nitrogen and oxygen atoms in total. The molecule has 2 aromatic rings. The van der Waals surface area contributed by atoms with E-state index in [9.17, 15) is 9.90 Å². The van der Waals surface area contributed by atoms with Crippen LogP contribution in [0.2, 0.25) is 0 Å². The molecule has 0 saturated carbocycles. The number of anilines is 2. The number of piperazine rings is 1. The first-order valence-corrected chi connectivity index (χ1v) is 11.5. The molecular formula is C26H37N3O3. The lowest BCUT2D eigenvalue weighted by molar-refractivity contribution is -0.116. The Bertz CT molecular complexity index is 899. The molecule has 1 heterocycles. The zero-order valence-corrected chi connectivity index (χ0v) is 19.9. The highest BCUT2D eigenvalue weighted by atomic mass is 16.5. The summed E-state index contributed by atoms with van der Waals surface area (Å²) in [5, 5.41) is 13.0. The van der Waals surface area contributed by atoms with Gasteiger partial charge in [-0.2, -0.15) is 0 Å². The van der Waals surface area contributed by atoms with Gasteiger partial charge >= 0.3 is 0 Å². The van der Waals surface area contributed by atoms with Gasteiger partial charge in [0.15, 0.2) is 0 Å². The van der Waals surface area contributed by atoms with Crippen LogP contribution in [0.25, 0.3) is 0 Å². The van der Waals surface area contributed by atoms with Gasteiger partial charge in [0.05, 0.1) is 18.5 Å². The number of phenols is 1. The topological polar surface area (TPSA) is 65.0 Å². The van der Waals surface area contributed by atoms with Gasteiger partial charge in [0.1, 0.15) is 11.5 Å². The maximum absolute atomic E-state index is 12.4. The normalized spacial score (nSPS) is 14.9. The van der Waals surface area contributed by atoms with Crippen molar-refractivity contribution in [3.05, 3.63) is 48.0 Å². The van der Waals surface area contributed by atoms with Crippen LogP contribution < -0.4 is 15.0 Å². The fourth-order valence-electron chi connectivity index (χ4n) is 4.04. The molecule has 0 aromatic heterocycles. The van der Waals surface area contributed by atoms with Gasteiger partial charge in [-0.25, -0.2) is 0 Å². The number of carbonyl (C=O) groups is 1. The van der Waals surface area contributed by atoms with E-state index in [-0.39, 0.29) is 17.1 Å². The Balaban J connectivity index is 1.39. The van der Waals surface area contributed by atoms with E-state index < -0.39 is 0 Å². The molecule has 2 N–H and O–H groups in total. The van der Waals surface area contributed by atoms with Gasteiger partial charge in [-0.3, -0.25) is 9.69 Å². The Morgan fingerprint density at radius 2 is 1.78 bits per heavy atom. The summed E-state index contributed by atoms with van der Waals surface area (Å²) in [7, 11) is 1.72. The van der Waals surface area contributed by atoms with E-state index in [1.54, 1.807) is 13.2 Å². The van der Waals surface area contributed by atoms with Gasteiger partial charge in [0.2, 0.25) is 5.91 Å². The number of nitrogens with zero attached hydrogens (tertiary/aromatic N) is 2. The number of amides is 1. The number of aromatic hydroxyl groups is 1. The second-order valence-electron chi connectivity index (χ2n) is 9.49. The van der Waals surface area contributed by atoms with Crippen LogP contribution in [0.5, 0.6) is 11.5 Å². The van der Waals surface area contributed by atoms with Crippen LogP contribution in [0.4, 0.5) is 11.4 Å². The maximum atomic E-state index is 12.4. The fraction of sp³-hybridized carbons (Fsp3) is 0.500. The van der Waals surface area contributed by atoms with Crippen LogP contribution in [-0.2, 0) is 10.2 Å². The summed E-state index contributed by atoms with van der Waals surface area (Å²) in [4.78, 5) is 17.2. The number of carbonyl (C=O) groups excluding carboxylic acids is 1. The summed E-state index contributed by atoms with van der Waals surface area (Å²) < 4.78 is 5.49. The Morgan fingerprint density at radius 1 is 1.06 bits per heavy atom. The first kappa shape index (κ1) is 23.9. The second-order valence-corrected chi connectivity index (χ2v) is 9.49. The van der Waals surface area contributed by atoms with Gasteiger partial charge in [-0.15, -0.1) is 0 Å². The van der Waals surface area contributed by atoms with Crippen LogP contribution in [-0.4, -0.2) is 55.7 Å². The SMILES string of the molecule is COc1ccccc1N1CCN(CCCCC(=O)Nc2cc(C(C)(C)C)ccc2O)CC1. The van der Waals surface area contributed by atoms with Gasteiger partial charge in [0.25, 0.3) is 0 Å². The van der Waals surface area contributed by atoms with Crippen LogP contribution in [0.1, 0.15) is 45.6 Å². The van der Waals surface area contributed by atoms with Crippen molar-refractivity contribution >= 4 is 17.3 Å². The highest BCUT2D eigenvalue weighted by Gasteiger charge is 2.19. The van der Waals surface area contributed by atoms with Crippen LogP contribution >= 0.6 is 0 Å². The van der Waals surface area contributed by atoms with E-state index in [0.717, 1.165) is 62.6 Å². The van der Waals surface area contributed by atoms with Crippen molar-refractivity contribution in [2.24, 2.45) is 0 Å². The number of ether oxygens (including phenoxy) is 1. The van der Waals surface area contributed by atoms with E-state index in [4.69, 9.17) is 4.74 Å². The largest absolute Gasteiger partial charge is 0.506 e. The van der Waals surface area contributed by atoms with Crippen molar-refractivity contribution in [1.29, 1.82) is 0 Å². The minimum absolute atomic E-state index is 0.0388. The summed E-state index contributed by atoms with van der Waals surface area (Å²) in [6, 6.07) is 13.6. The molecule has 1 aliphatic heterocycles. The van der Waals surface area contributed by atoms with Gasteiger partial charge in [0, 0.05) is 32.6 Å². The Kier molecular flexibility index (Phi) is 8.02. The number of rotatable bonds is 8. The van der Waals surface area contributed by atoms with Crippen LogP contribution in [0.3, 0.4) is 0 Å². The van der Waals surface area contributed by atoms with Gasteiger partial charge < -0.3 is 20.1 Å². The van der Waals surface area contributed by atoms with Crippen molar-refractivity contribution in [2.75, 3.05) is 50.1 Å². The smallest absolute Gasteiger partial charge is 0.224 e. The number of hydrogen-bond donors (Lipinski definition) is 2. The summed E-state index contributed by atoms with van der Waals surface area (Å²) in [5.41, 5.74) is 2.70. The molecule has 2 aromatic carbocycles. The zero-order chi connectivity index (χ0) is 23.1. The van der Waals surface area contributed by atoms with Gasteiger partial charge in [-0.05, 0) is 54.6 Å². The van der Waals surface area contributed by atoms with E-state index in [1.807, 2.05) is 30.3 Å². The van der Waals surface area contributed by atoms with E-state index in [2.05, 4.69) is 42.0 Å². The molecule has 0 atom stereocenters. The molecule has 0 spiro atoms. The first-order valence-electron chi connectivity index (χ1n) is 11.5. The van der Waals surface area contributed by atoms with Crippen LogP contribution in [0.15, 0.2) is 42.5 Å². The Hall–Kier alpha value is -2.73. The lowest BCUT2D eigenvalue weighted by atomic mass is 9.87. The average molecular weight is 440 g/mol. The molecular weight excluding hydrogens is 402 g/mol. The summed E-state index contributed by atoms with van der Waals surface area (Å²) in [6.07, 6.45) is 2.27. The highest BCUT2D eigenvalue weighted by molar-refractivity contribution is 5.92. The monoisotopic (exact) mass is 439 g/mol. The summed E-state index contributed by atoms with van der Waals surface area (Å²) in [5.74, 6) is 0.984. The average Bonchev–Trinajstić information content (AvgIpc) is 2.78. The predicted molar refractivity (Wildman–Crippen MR) is 131 cm³/mol. The van der Waals surface area contributed by atoms with Crippen molar-refractivity contribution < 1.29 is 14.6 Å². The minimum Gasteiger partial charge on any atom is -0.506 e. The van der Waals surface area contributed by atoms with Crippen molar-refractivity contribution in [1.82, 2.24) is 4.90 Å². The molecule has 174 valence electrons. The molecule has 3 rings (SSSR count). The lowest BCUT2D eigenvalue weighted by Gasteiger charge is -2.36. The summed E-state index contributed by atoms with van der Waals surface area (Å²) in [6.45, 7) is 11.3. The standard InChI is InChI=1S/C26H37N3O3/c1-26(2,3)20-12-13-23(30)21(19-20)27-25(31)11-7-8-14-28-15-17-29(18-16-28)22-9-5-6-10-24(22)32-4/h5-6,9-10,12-13,19,30H,7-8,11,14-18H2,1-4H3,(H,27,31). The fourth-order valence-corrected chi connectivity index (χ4v) is 4.04. The number of para-hydroxylation sites is 2. The van der Waals surface area contributed by atoms with E-state index >= 15 is 0 Å². The van der Waals surface area contributed by atoms with Gasteiger partial charge in [-0.1, -0.05) is 39.0 Å². The molecule has 1 saturated heterocycles. The minimum atomic E-state index is -0.0487. The number of nitrogens with one attached hydrogen (secondary N) is 1. The molecule has 0 radical (unpaired) electrons. The molecule has 32 heavy (non-hydrogen) atoms. The Morgan fingerprint density at radius 3 is 2.47 bits per heavy atom. The lowest BCUT2D eigenvalue weighted by Crippen LogP contribution is -2.46. The molecule has 1 aliphatic rings.